The highest BCUT2D eigenvalue weighted by Gasteiger charge is 2.32. The number of carbonyl (C=O) groups is 1. The minimum atomic E-state index is 0.0804. The van der Waals surface area contributed by atoms with Crippen molar-refractivity contribution in [2.75, 3.05) is 19.6 Å². The van der Waals surface area contributed by atoms with Crippen LogP contribution in [-0.2, 0) is 0 Å². The fraction of sp³-hybridized carbons (Fsp3) is 0.462. The van der Waals surface area contributed by atoms with Crippen molar-refractivity contribution in [1.29, 1.82) is 0 Å². The van der Waals surface area contributed by atoms with Crippen molar-refractivity contribution in [2.45, 2.75) is 58.0 Å². The Morgan fingerprint density at radius 1 is 1.06 bits per heavy atom. The molecule has 168 valence electrons. The van der Waals surface area contributed by atoms with Gasteiger partial charge >= 0.3 is 6.03 Å². The van der Waals surface area contributed by atoms with Crippen LogP contribution >= 0.6 is 0 Å². The highest BCUT2D eigenvalue weighted by molar-refractivity contribution is 6.04. The smallest absolute Gasteiger partial charge is 0.317 e. The Labute approximate surface area is 190 Å². The molecular weight excluding hydrogens is 400 g/mol. The van der Waals surface area contributed by atoms with E-state index in [9.17, 15) is 4.79 Å². The molecule has 1 N–H and O–H groups in total. The third kappa shape index (κ3) is 4.18. The van der Waals surface area contributed by atoms with Crippen LogP contribution in [0.5, 0.6) is 11.5 Å². The van der Waals surface area contributed by atoms with Crippen molar-refractivity contribution in [1.82, 2.24) is 15.1 Å². The van der Waals surface area contributed by atoms with Crippen LogP contribution < -0.4 is 10.1 Å². The number of ether oxygens (including phenoxy) is 1. The fourth-order valence-corrected chi connectivity index (χ4v) is 5.03. The number of piperazine rings is 1. The average Bonchev–Trinajstić information content (AvgIpc) is 2.96. The van der Waals surface area contributed by atoms with E-state index in [1.54, 1.807) is 0 Å². The fourth-order valence-electron chi connectivity index (χ4n) is 5.03. The summed E-state index contributed by atoms with van der Waals surface area (Å²) >= 11 is 0. The molecule has 0 spiro atoms. The number of urea groups is 1. The third-order valence-corrected chi connectivity index (χ3v) is 6.81. The van der Waals surface area contributed by atoms with Crippen LogP contribution in [0, 0.1) is 6.92 Å². The van der Waals surface area contributed by atoms with Crippen molar-refractivity contribution in [3.8, 4) is 11.5 Å². The summed E-state index contributed by atoms with van der Waals surface area (Å²) in [6, 6.07) is 14.7. The minimum Gasteiger partial charge on any atom is -0.454 e. The van der Waals surface area contributed by atoms with Gasteiger partial charge in [0.1, 0.15) is 17.3 Å². The Morgan fingerprint density at radius 2 is 1.88 bits per heavy atom. The van der Waals surface area contributed by atoms with Crippen LogP contribution in [0.1, 0.15) is 50.2 Å². The molecule has 1 saturated carbocycles. The van der Waals surface area contributed by atoms with Gasteiger partial charge in [-0.1, -0.05) is 43.0 Å². The Kier molecular flexibility index (Phi) is 5.77. The summed E-state index contributed by atoms with van der Waals surface area (Å²) in [6.45, 7) is 6.39. The van der Waals surface area contributed by atoms with E-state index >= 15 is 0 Å². The molecule has 0 bridgehead atoms. The van der Waals surface area contributed by atoms with Gasteiger partial charge in [0.2, 0.25) is 0 Å². The Bertz CT molecular complexity index is 1030. The zero-order chi connectivity index (χ0) is 22.1. The number of amides is 2. The first-order valence-electron chi connectivity index (χ1n) is 11.9. The number of nitrogens with one attached hydrogen (secondary N) is 1. The van der Waals surface area contributed by atoms with Crippen LogP contribution in [0.25, 0.3) is 0 Å². The molecule has 6 nitrogen and oxygen atoms in total. The lowest BCUT2D eigenvalue weighted by Gasteiger charge is -2.41. The molecule has 32 heavy (non-hydrogen) atoms. The zero-order valence-electron chi connectivity index (χ0n) is 19.0. The van der Waals surface area contributed by atoms with Crippen LogP contribution in [0.2, 0.25) is 0 Å². The monoisotopic (exact) mass is 432 g/mol. The van der Waals surface area contributed by atoms with E-state index < -0.39 is 0 Å². The lowest BCUT2D eigenvalue weighted by Crippen LogP contribution is -2.58. The number of amidine groups is 1. The first-order chi connectivity index (χ1) is 15.6. The molecule has 2 fully saturated rings. The molecule has 2 aliphatic heterocycles. The minimum absolute atomic E-state index is 0.0804. The standard InChI is InChI=1S/C26H32N4O2/c1-18-12-13-23-21(16-18)25(28-22-10-6-7-11-24(22)32-23)29-14-15-30(19(2)17-29)26(31)27-20-8-4-3-5-9-20/h6-7,10-13,16,19-20H,3-5,8-9,14-15,17H2,1-2H3,(H,27,31)/t19-/m0/s1. The molecule has 0 unspecified atom stereocenters. The second-order valence-electron chi connectivity index (χ2n) is 9.28. The number of hydrogen-bond donors (Lipinski definition) is 1. The Morgan fingerprint density at radius 3 is 2.69 bits per heavy atom. The predicted octanol–water partition coefficient (Wildman–Crippen LogP) is 5.23. The van der Waals surface area contributed by atoms with Crippen molar-refractivity contribution >= 4 is 17.6 Å². The van der Waals surface area contributed by atoms with Gasteiger partial charge in [-0.3, -0.25) is 0 Å². The van der Waals surface area contributed by atoms with Gasteiger partial charge in [-0.2, -0.15) is 0 Å². The number of hydrogen-bond acceptors (Lipinski definition) is 4. The number of benzene rings is 2. The summed E-state index contributed by atoms with van der Waals surface area (Å²) in [5.41, 5.74) is 3.01. The molecule has 5 rings (SSSR count). The van der Waals surface area contributed by atoms with Crippen LogP contribution in [0.4, 0.5) is 10.5 Å². The van der Waals surface area contributed by atoms with Gasteiger partial charge in [-0.15, -0.1) is 0 Å². The molecule has 0 aromatic heterocycles. The van der Waals surface area contributed by atoms with E-state index in [4.69, 9.17) is 9.73 Å². The number of para-hydroxylation sites is 2. The molecular formula is C26H32N4O2. The second-order valence-corrected chi connectivity index (χ2v) is 9.28. The third-order valence-electron chi connectivity index (χ3n) is 6.81. The van der Waals surface area contributed by atoms with Crippen LogP contribution in [0.15, 0.2) is 47.5 Å². The van der Waals surface area contributed by atoms with E-state index in [-0.39, 0.29) is 12.1 Å². The molecule has 2 amide bonds. The summed E-state index contributed by atoms with van der Waals surface area (Å²) in [7, 11) is 0. The van der Waals surface area contributed by atoms with Crippen LogP contribution in [-0.4, -0.2) is 53.4 Å². The normalized spacial score (nSPS) is 21.1. The topological polar surface area (TPSA) is 57.2 Å². The number of fused-ring (bicyclic) bond motifs is 2. The predicted molar refractivity (Wildman–Crippen MR) is 127 cm³/mol. The first kappa shape index (κ1) is 20.9. The molecule has 2 aromatic carbocycles. The summed E-state index contributed by atoms with van der Waals surface area (Å²) in [5.74, 6) is 2.52. The molecule has 1 atom stereocenters. The summed E-state index contributed by atoms with van der Waals surface area (Å²) in [5, 5.41) is 3.28. The van der Waals surface area contributed by atoms with Crippen molar-refractivity contribution in [3.05, 3.63) is 53.6 Å². The maximum absolute atomic E-state index is 13.0. The lowest BCUT2D eigenvalue weighted by molar-refractivity contribution is 0.130. The number of rotatable bonds is 1. The molecule has 3 aliphatic rings. The van der Waals surface area contributed by atoms with Crippen molar-refractivity contribution in [3.63, 3.8) is 0 Å². The quantitative estimate of drug-likeness (QED) is 0.672. The maximum atomic E-state index is 13.0. The number of aliphatic imine (C=N–C) groups is 1. The van der Waals surface area contributed by atoms with E-state index in [1.807, 2.05) is 35.2 Å². The average molecular weight is 433 g/mol. The molecule has 6 heteroatoms. The molecule has 1 aliphatic carbocycles. The van der Waals surface area contributed by atoms with Crippen molar-refractivity contribution in [2.24, 2.45) is 4.99 Å². The number of carbonyl (C=O) groups excluding carboxylic acids is 1. The lowest BCUT2D eigenvalue weighted by atomic mass is 9.96. The zero-order valence-corrected chi connectivity index (χ0v) is 19.0. The van der Waals surface area contributed by atoms with E-state index in [1.165, 1.54) is 24.8 Å². The van der Waals surface area contributed by atoms with Gasteiger partial charge in [0.15, 0.2) is 5.75 Å². The van der Waals surface area contributed by atoms with Crippen LogP contribution in [0.3, 0.4) is 0 Å². The molecule has 0 radical (unpaired) electrons. The van der Waals surface area contributed by atoms with E-state index in [0.717, 1.165) is 54.5 Å². The highest BCUT2D eigenvalue weighted by atomic mass is 16.5. The van der Waals surface area contributed by atoms with E-state index in [0.29, 0.717) is 12.6 Å². The van der Waals surface area contributed by atoms with Gasteiger partial charge in [-0.05, 0) is 51.0 Å². The van der Waals surface area contributed by atoms with Gasteiger partial charge in [0, 0.05) is 31.7 Å². The number of aryl methyl sites for hydroxylation is 1. The molecule has 1 saturated heterocycles. The largest absolute Gasteiger partial charge is 0.454 e. The maximum Gasteiger partial charge on any atom is 0.317 e. The molecule has 2 aromatic rings. The number of nitrogens with zero attached hydrogens (tertiary/aromatic N) is 3. The Hall–Kier alpha value is -3.02. The van der Waals surface area contributed by atoms with E-state index in [2.05, 4.69) is 36.2 Å². The molecule has 2 heterocycles. The first-order valence-corrected chi connectivity index (χ1v) is 11.9. The SMILES string of the molecule is Cc1ccc2c(c1)C(N1CCN(C(=O)NC3CCCCC3)[C@@H](C)C1)=Nc1ccccc1O2. The summed E-state index contributed by atoms with van der Waals surface area (Å²) in [6.07, 6.45) is 5.93. The van der Waals surface area contributed by atoms with Crippen molar-refractivity contribution < 1.29 is 9.53 Å². The summed E-state index contributed by atoms with van der Waals surface area (Å²) < 4.78 is 6.23. The Balaban J connectivity index is 1.37. The van der Waals surface area contributed by atoms with Gasteiger partial charge < -0.3 is 19.9 Å². The van der Waals surface area contributed by atoms with Gasteiger partial charge in [0.05, 0.1) is 5.56 Å². The van der Waals surface area contributed by atoms with Gasteiger partial charge in [0.25, 0.3) is 0 Å². The summed E-state index contributed by atoms with van der Waals surface area (Å²) in [4.78, 5) is 22.3. The highest BCUT2D eigenvalue weighted by Crippen LogP contribution is 2.38. The second kappa shape index (κ2) is 8.85. The van der Waals surface area contributed by atoms with Gasteiger partial charge in [-0.25, -0.2) is 9.79 Å².